The van der Waals surface area contributed by atoms with E-state index in [1.807, 2.05) is 0 Å². The molecule has 7 nitrogen and oxygen atoms in total. The summed E-state index contributed by atoms with van der Waals surface area (Å²) in [6.45, 7) is -0.0142. The molecule has 0 radical (unpaired) electrons. The van der Waals surface area contributed by atoms with Crippen molar-refractivity contribution >= 4 is 28.3 Å². The highest BCUT2D eigenvalue weighted by Gasteiger charge is 2.40. The topological polar surface area (TPSA) is 84.4 Å². The average Bonchev–Trinajstić information content (AvgIpc) is 3.52. The molecule has 196 valence electrons. The number of rotatable bonds is 5. The van der Waals surface area contributed by atoms with Crippen LogP contribution < -0.4 is 10.1 Å². The number of nitrogens with one attached hydrogen (secondary N) is 1. The molecule has 1 N–H and O–H groups in total. The molecule has 1 fully saturated rings. The van der Waals surface area contributed by atoms with Gasteiger partial charge >= 0.3 is 12.4 Å². The maximum atomic E-state index is 13.2. The Morgan fingerprint density at radius 3 is 2.32 bits per heavy atom. The Morgan fingerprint density at radius 2 is 1.70 bits per heavy atom. The van der Waals surface area contributed by atoms with Crippen LogP contribution in [0.2, 0.25) is 0 Å². The fourth-order valence-electron chi connectivity index (χ4n) is 3.86. The van der Waals surface area contributed by atoms with Crippen molar-refractivity contribution in [2.45, 2.75) is 31.2 Å². The van der Waals surface area contributed by atoms with Gasteiger partial charge in [-0.3, -0.25) is 14.9 Å². The van der Waals surface area contributed by atoms with Gasteiger partial charge in [0.25, 0.3) is 5.91 Å². The maximum Gasteiger partial charge on any atom is 0.416 e. The van der Waals surface area contributed by atoms with Crippen molar-refractivity contribution in [3.63, 3.8) is 0 Å². The summed E-state index contributed by atoms with van der Waals surface area (Å²) in [7, 11) is 1.50. The van der Waals surface area contributed by atoms with Crippen molar-refractivity contribution in [2.24, 2.45) is 0 Å². The number of carbonyl (C=O) groups excluding carboxylic acids is 2. The van der Waals surface area contributed by atoms with Crippen LogP contribution in [0.15, 0.2) is 42.5 Å². The molecule has 1 saturated heterocycles. The van der Waals surface area contributed by atoms with E-state index in [9.17, 15) is 35.9 Å². The molecule has 0 spiro atoms. The van der Waals surface area contributed by atoms with Crippen LogP contribution in [-0.2, 0) is 17.1 Å². The molecule has 0 aliphatic carbocycles. The largest absolute Gasteiger partial charge is 0.497 e. The van der Waals surface area contributed by atoms with Crippen molar-refractivity contribution in [3.8, 4) is 16.3 Å². The monoisotopic (exact) mass is 544 g/mol. The summed E-state index contributed by atoms with van der Waals surface area (Å²) >= 11 is 1.04. The van der Waals surface area contributed by atoms with Gasteiger partial charge in [-0.05, 0) is 43.2 Å². The predicted molar refractivity (Wildman–Crippen MR) is 121 cm³/mol. The molecule has 3 aromatic rings. The fourth-order valence-corrected chi connectivity index (χ4v) is 4.60. The van der Waals surface area contributed by atoms with Crippen molar-refractivity contribution < 1.29 is 40.7 Å². The molecule has 4 rings (SSSR count). The minimum atomic E-state index is -5.10. The average molecular weight is 544 g/mol. The second-order valence-corrected chi connectivity index (χ2v) is 9.06. The SMILES string of the molecule is COc1cccc(-c2nnc(NC(=O)C3CCCN3C(=O)c3cc(C(F)(F)F)cc(C(F)(F)F)c3)s2)c1. The van der Waals surface area contributed by atoms with Gasteiger partial charge < -0.3 is 9.64 Å². The number of amides is 2. The standard InChI is InChI=1S/C23H18F6N4O3S/c1-36-16-5-2-4-12(10-16)19-31-32-21(37-19)30-18(34)17-6-3-7-33(17)20(35)13-8-14(22(24,25)26)11-15(9-13)23(27,28)29/h2,4-5,8-11,17H,3,6-7H2,1H3,(H,30,32,34). The molecule has 2 amide bonds. The van der Waals surface area contributed by atoms with E-state index in [1.54, 1.807) is 24.3 Å². The van der Waals surface area contributed by atoms with Crippen LogP contribution in [0.4, 0.5) is 31.5 Å². The molecule has 0 saturated carbocycles. The molecular formula is C23H18F6N4O3S. The van der Waals surface area contributed by atoms with Crippen molar-refractivity contribution in [3.05, 3.63) is 59.2 Å². The zero-order chi connectivity index (χ0) is 27.0. The first kappa shape index (κ1) is 26.4. The number of halogens is 6. The lowest BCUT2D eigenvalue weighted by atomic mass is 10.0. The lowest BCUT2D eigenvalue weighted by Gasteiger charge is -2.24. The van der Waals surface area contributed by atoms with Crippen LogP contribution in [0.1, 0.15) is 34.3 Å². The zero-order valence-electron chi connectivity index (χ0n) is 19.0. The summed E-state index contributed by atoms with van der Waals surface area (Å²) in [5, 5.41) is 11.0. The number of benzene rings is 2. The number of ether oxygens (including phenoxy) is 1. The van der Waals surface area contributed by atoms with Gasteiger partial charge in [0.2, 0.25) is 11.0 Å². The van der Waals surface area contributed by atoms with Gasteiger partial charge in [0, 0.05) is 17.7 Å². The van der Waals surface area contributed by atoms with E-state index in [2.05, 4.69) is 15.5 Å². The molecule has 1 aromatic heterocycles. The van der Waals surface area contributed by atoms with Crippen LogP contribution in [0.25, 0.3) is 10.6 Å². The van der Waals surface area contributed by atoms with Crippen molar-refractivity contribution in [1.82, 2.24) is 15.1 Å². The molecule has 1 aliphatic heterocycles. The molecule has 0 bridgehead atoms. The third-order valence-electron chi connectivity index (χ3n) is 5.62. The highest BCUT2D eigenvalue weighted by Crippen LogP contribution is 2.37. The van der Waals surface area contributed by atoms with Crippen LogP contribution in [0.5, 0.6) is 5.75 Å². The smallest absolute Gasteiger partial charge is 0.416 e. The van der Waals surface area contributed by atoms with Gasteiger partial charge in [-0.25, -0.2) is 0 Å². The number of alkyl halides is 6. The van der Waals surface area contributed by atoms with Crippen LogP contribution in [0, 0.1) is 0 Å². The zero-order valence-corrected chi connectivity index (χ0v) is 19.8. The first-order valence-corrected chi connectivity index (χ1v) is 11.6. The second kappa shape index (κ2) is 10.00. The number of hydrogen-bond acceptors (Lipinski definition) is 6. The Labute approximate surface area is 210 Å². The van der Waals surface area contributed by atoms with Crippen LogP contribution >= 0.6 is 11.3 Å². The number of carbonyl (C=O) groups is 2. The van der Waals surface area contributed by atoms with E-state index in [-0.39, 0.29) is 24.2 Å². The predicted octanol–water partition coefficient (Wildman–Crippen LogP) is 5.49. The molecule has 1 atom stereocenters. The highest BCUT2D eigenvalue weighted by atomic mass is 32.1. The summed E-state index contributed by atoms with van der Waals surface area (Å²) in [5.41, 5.74) is -3.34. The molecule has 2 heterocycles. The minimum absolute atomic E-state index is 0.0142. The van der Waals surface area contributed by atoms with Crippen LogP contribution in [0.3, 0.4) is 0 Å². The highest BCUT2D eigenvalue weighted by molar-refractivity contribution is 7.18. The molecule has 1 unspecified atom stereocenters. The summed E-state index contributed by atoms with van der Waals surface area (Å²) in [4.78, 5) is 26.9. The second-order valence-electron chi connectivity index (χ2n) is 8.08. The third-order valence-corrected chi connectivity index (χ3v) is 6.51. The Kier molecular flexibility index (Phi) is 7.13. The van der Waals surface area contributed by atoms with E-state index in [0.717, 1.165) is 16.2 Å². The van der Waals surface area contributed by atoms with Crippen molar-refractivity contribution in [1.29, 1.82) is 0 Å². The van der Waals surface area contributed by atoms with Crippen molar-refractivity contribution in [2.75, 3.05) is 19.0 Å². The van der Waals surface area contributed by atoms with E-state index >= 15 is 0 Å². The molecule has 37 heavy (non-hydrogen) atoms. The molecular weight excluding hydrogens is 526 g/mol. The first-order valence-electron chi connectivity index (χ1n) is 10.8. The number of likely N-dealkylation sites (tertiary alicyclic amines) is 1. The third kappa shape index (κ3) is 5.84. The first-order chi connectivity index (χ1) is 17.4. The minimum Gasteiger partial charge on any atom is -0.497 e. The quantitative estimate of drug-likeness (QED) is 0.430. The van der Waals surface area contributed by atoms with Gasteiger partial charge in [-0.2, -0.15) is 26.3 Å². The summed E-state index contributed by atoms with van der Waals surface area (Å²) in [6.07, 6.45) is -9.70. The Bertz CT molecular complexity index is 1290. The van der Waals surface area contributed by atoms with Crippen LogP contribution in [-0.4, -0.2) is 46.6 Å². The number of aromatic nitrogens is 2. The van der Waals surface area contributed by atoms with Gasteiger partial charge in [0.1, 0.15) is 16.8 Å². The number of anilines is 1. The van der Waals surface area contributed by atoms with Gasteiger partial charge in [0.15, 0.2) is 0 Å². The molecule has 2 aromatic carbocycles. The normalized spacial score (nSPS) is 16.1. The maximum absolute atomic E-state index is 13.2. The van der Waals surface area contributed by atoms with Gasteiger partial charge in [-0.15, -0.1) is 10.2 Å². The summed E-state index contributed by atoms with van der Waals surface area (Å²) in [6, 6.07) is 6.51. The Morgan fingerprint density at radius 1 is 1.03 bits per heavy atom. The summed E-state index contributed by atoms with van der Waals surface area (Å²) < 4.78 is 84.5. The van der Waals surface area contributed by atoms with E-state index in [4.69, 9.17) is 4.74 Å². The Balaban J connectivity index is 1.54. The van der Waals surface area contributed by atoms with Gasteiger partial charge in [0.05, 0.1) is 18.2 Å². The lowest BCUT2D eigenvalue weighted by molar-refractivity contribution is -0.143. The van der Waals surface area contributed by atoms with E-state index in [0.29, 0.717) is 34.9 Å². The van der Waals surface area contributed by atoms with E-state index < -0.39 is 46.9 Å². The fraction of sp³-hybridized carbons (Fsp3) is 0.304. The molecule has 1 aliphatic rings. The number of nitrogens with zero attached hydrogens (tertiary/aromatic N) is 3. The Hall–Kier alpha value is -3.68. The molecule has 14 heteroatoms. The number of methoxy groups -OCH3 is 1. The lowest BCUT2D eigenvalue weighted by Crippen LogP contribution is -2.43. The summed E-state index contributed by atoms with van der Waals surface area (Å²) in [5.74, 6) is -1.20. The number of hydrogen-bond donors (Lipinski definition) is 1. The van der Waals surface area contributed by atoms with Gasteiger partial charge in [-0.1, -0.05) is 23.5 Å². The van der Waals surface area contributed by atoms with E-state index in [1.165, 1.54) is 7.11 Å².